The highest BCUT2D eigenvalue weighted by molar-refractivity contribution is 6.33. The molecule has 0 amide bonds. The summed E-state index contributed by atoms with van der Waals surface area (Å²) in [5.41, 5.74) is 2.75. The number of halogens is 1. The van der Waals surface area contributed by atoms with Crippen LogP contribution in [-0.4, -0.2) is 18.2 Å². The van der Waals surface area contributed by atoms with Crippen molar-refractivity contribution >= 4 is 23.3 Å². The van der Waals surface area contributed by atoms with Gasteiger partial charge in [0.2, 0.25) is 0 Å². The van der Waals surface area contributed by atoms with Gasteiger partial charge in [-0.05, 0) is 29.8 Å². The fourth-order valence-electron chi connectivity index (χ4n) is 2.75. The monoisotopic (exact) mass is 397 g/mol. The van der Waals surface area contributed by atoms with Crippen molar-refractivity contribution in [3.63, 3.8) is 0 Å². The number of hydrogen-bond donors (Lipinski definition) is 2. The minimum absolute atomic E-state index is 0.0699. The lowest BCUT2D eigenvalue weighted by molar-refractivity contribution is 0.0697. The predicted molar refractivity (Wildman–Crippen MR) is 110 cm³/mol. The van der Waals surface area contributed by atoms with Gasteiger partial charge < -0.3 is 19.9 Å². The Labute approximate surface area is 168 Å². The van der Waals surface area contributed by atoms with Crippen LogP contribution >= 0.6 is 11.6 Å². The first-order valence-electron chi connectivity index (χ1n) is 8.68. The van der Waals surface area contributed by atoms with E-state index in [2.05, 4.69) is 5.32 Å². The second kappa shape index (κ2) is 9.15. The van der Waals surface area contributed by atoms with Crippen molar-refractivity contribution < 1.29 is 19.4 Å². The first-order valence-corrected chi connectivity index (χ1v) is 9.05. The Morgan fingerprint density at radius 2 is 1.86 bits per heavy atom. The van der Waals surface area contributed by atoms with Gasteiger partial charge in [0.1, 0.15) is 6.61 Å². The standard InChI is InChI=1S/C22H20ClNO4/c1-27-20-9-5-8-16(21(20)28-14-15-6-3-2-4-7-15)13-24-17-10-11-18(22(25)26)19(23)12-17/h2-12,24H,13-14H2,1H3,(H,25,26). The minimum Gasteiger partial charge on any atom is -0.493 e. The van der Waals surface area contributed by atoms with Crippen LogP contribution in [0, 0.1) is 0 Å². The average molecular weight is 398 g/mol. The summed E-state index contributed by atoms with van der Waals surface area (Å²) in [5.74, 6) is 0.255. The van der Waals surface area contributed by atoms with Crippen molar-refractivity contribution in [2.75, 3.05) is 12.4 Å². The molecule has 3 aromatic rings. The first kappa shape index (κ1) is 19.6. The van der Waals surface area contributed by atoms with Gasteiger partial charge in [-0.25, -0.2) is 4.79 Å². The maximum Gasteiger partial charge on any atom is 0.337 e. The van der Waals surface area contributed by atoms with E-state index in [0.29, 0.717) is 30.3 Å². The van der Waals surface area contributed by atoms with Crippen LogP contribution in [0.4, 0.5) is 5.69 Å². The van der Waals surface area contributed by atoms with Gasteiger partial charge in [-0.15, -0.1) is 0 Å². The molecule has 28 heavy (non-hydrogen) atoms. The van der Waals surface area contributed by atoms with E-state index in [1.165, 1.54) is 6.07 Å². The molecule has 2 N–H and O–H groups in total. The van der Waals surface area contributed by atoms with Crippen LogP contribution in [0.2, 0.25) is 5.02 Å². The number of carboxylic acids is 1. The maximum absolute atomic E-state index is 11.1. The van der Waals surface area contributed by atoms with Gasteiger partial charge in [0.15, 0.2) is 11.5 Å². The minimum atomic E-state index is -1.05. The Bertz CT molecular complexity index is 960. The van der Waals surface area contributed by atoms with Gasteiger partial charge in [-0.3, -0.25) is 0 Å². The molecule has 0 bridgehead atoms. The van der Waals surface area contributed by atoms with Crippen molar-refractivity contribution in [3.8, 4) is 11.5 Å². The van der Waals surface area contributed by atoms with Crippen molar-refractivity contribution in [2.24, 2.45) is 0 Å². The number of aromatic carboxylic acids is 1. The van der Waals surface area contributed by atoms with E-state index in [4.69, 9.17) is 26.2 Å². The number of ether oxygens (including phenoxy) is 2. The second-order valence-electron chi connectivity index (χ2n) is 6.08. The Morgan fingerprint density at radius 3 is 2.54 bits per heavy atom. The molecule has 0 saturated heterocycles. The van der Waals surface area contributed by atoms with Gasteiger partial charge in [-0.2, -0.15) is 0 Å². The number of anilines is 1. The van der Waals surface area contributed by atoms with Crippen molar-refractivity contribution in [3.05, 3.63) is 88.4 Å². The van der Waals surface area contributed by atoms with Gasteiger partial charge in [-0.1, -0.05) is 54.1 Å². The molecule has 0 saturated carbocycles. The summed E-state index contributed by atoms with van der Waals surface area (Å²) in [4.78, 5) is 11.1. The lowest BCUT2D eigenvalue weighted by atomic mass is 10.1. The number of rotatable bonds is 8. The summed E-state index contributed by atoms with van der Waals surface area (Å²) in [6.07, 6.45) is 0. The number of nitrogens with one attached hydrogen (secondary N) is 1. The lowest BCUT2D eigenvalue weighted by Crippen LogP contribution is -2.06. The summed E-state index contributed by atoms with van der Waals surface area (Å²) < 4.78 is 11.5. The van der Waals surface area contributed by atoms with Crippen LogP contribution in [0.15, 0.2) is 66.7 Å². The number of carbonyl (C=O) groups is 1. The largest absolute Gasteiger partial charge is 0.493 e. The fraction of sp³-hybridized carbons (Fsp3) is 0.136. The highest BCUT2D eigenvalue weighted by Crippen LogP contribution is 2.32. The molecule has 0 spiro atoms. The first-order chi connectivity index (χ1) is 13.6. The molecular weight excluding hydrogens is 378 g/mol. The zero-order chi connectivity index (χ0) is 19.9. The summed E-state index contributed by atoms with van der Waals surface area (Å²) in [7, 11) is 1.60. The molecule has 0 aliphatic carbocycles. The van der Waals surface area contributed by atoms with Gasteiger partial charge in [0.05, 0.1) is 17.7 Å². The van der Waals surface area contributed by atoms with Crippen LogP contribution in [-0.2, 0) is 13.2 Å². The molecule has 6 heteroatoms. The van der Waals surface area contributed by atoms with Crippen molar-refractivity contribution in [1.29, 1.82) is 0 Å². The van der Waals surface area contributed by atoms with Crippen molar-refractivity contribution in [1.82, 2.24) is 0 Å². The average Bonchev–Trinajstić information content (AvgIpc) is 2.71. The van der Waals surface area contributed by atoms with Gasteiger partial charge >= 0.3 is 5.97 Å². The number of hydrogen-bond acceptors (Lipinski definition) is 4. The van der Waals surface area contributed by atoms with E-state index < -0.39 is 5.97 Å². The third kappa shape index (κ3) is 4.75. The molecule has 0 heterocycles. The Hall–Kier alpha value is -3.18. The number of methoxy groups -OCH3 is 1. The van der Waals surface area contributed by atoms with E-state index in [0.717, 1.165) is 11.1 Å². The number of carboxylic acid groups (broad SMARTS) is 1. The summed E-state index contributed by atoms with van der Waals surface area (Å²) in [6.45, 7) is 0.886. The zero-order valence-electron chi connectivity index (χ0n) is 15.3. The van der Waals surface area contributed by atoms with E-state index in [9.17, 15) is 4.79 Å². The van der Waals surface area contributed by atoms with E-state index in [-0.39, 0.29) is 10.6 Å². The van der Waals surface area contributed by atoms with Crippen LogP contribution in [0.5, 0.6) is 11.5 Å². The molecule has 5 nitrogen and oxygen atoms in total. The molecule has 0 aliphatic heterocycles. The smallest absolute Gasteiger partial charge is 0.337 e. The normalized spacial score (nSPS) is 10.4. The fourth-order valence-corrected chi connectivity index (χ4v) is 3.01. The number of benzene rings is 3. The summed E-state index contributed by atoms with van der Waals surface area (Å²) in [6, 6.07) is 20.3. The van der Waals surface area contributed by atoms with E-state index >= 15 is 0 Å². The molecule has 3 rings (SSSR count). The SMILES string of the molecule is COc1cccc(CNc2ccc(C(=O)O)c(Cl)c2)c1OCc1ccccc1. The van der Waals surface area contributed by atoms with Crippen LogP contribution in [0.3, 0.4) is 0 Å². The Balaban J connectivity index is 1.76. The topological polar surface area (TPSA) is 67.8 Å². The van der Waals surface area contributed by atoms with Crippen LogP contribution in [0.1, 0.15) is 21.5 Å². The second-order valence-corrected chi connectivity index (χ2v) is 6.48. The molecule has 0 aliphatic rings. The predicted octanol–water partition coefficient (Wildman–Crippen LogP) is 5.24. The number of para-hydroxylation sites is 1. The quantitative estimate of drug-likeness (QED) is 0.544. The molecule has 0 atom stereocenters. The molecule has 0 radical (unpaired) electrons. The summed E-state index contributed by atoms with van der Waals surface area (Å²) >= 11 is 6.04. The summed E-state index contributed by atoms with van der Waals surface area (Å²) in [5, 5.41) is 12.5. The molecule has 0 aromatic heterocycles. The maximum atomic E-state index is 11.1. The third-order valence-corrected chi connectivity index (χ3v) is 4.50. The Morgan fingerprint density at radius 1 is 1.07 bits per heavy atom. The zero-order valence-corrected chi connectivity index (χ0v) is 16.1. The molecular formula is C22H20ClNO4. The van der Waals surface area contributed by atoms with E-state index in [1.54, 1.807) is 19.2 Å². The van der Waals surface area contributed by atoms with E-state index in [1.807, 2.05) is 48.5 Å². The highest BCUT2D eigenvalue weighted by atomic mass is 35.5. The van der Waals surface area contributed by atoms with Crippen LogP contribution < -0.4 is 14.8 Å². The van der Waals surface area contributed by atoms with Crippen molar-refractivity contribution in [2.45, 2.75) is 13.2 Å². The van der Waals surface area contributed by atoms with Gasteiger partial charge in [0, 0.05) is 17.8 Å². The van der Waals surface area contributed by atoms with Gasteiger partial charge in [0.25, 0.3) is 0 Å². The molecule has 3 aromatic carbocycles. The third-order valence-electron chi connectivity index (χ3n) is 4.19. The lowest BCUT2D eigenvalue weighted by Gasteiger charge is -2.16. The Kier molecular flexibility index (Phi) is 6.40. The molecule has 0 unspecified atom stereocenters. The molecule has 0 fully saturated rings. The highest BCUT2D eigenvalue weighted by Gasteiger charge is 2.12. The molecule has 144 valence electrons. The van der Waals surface area contributed by atoms with Crippen LogP contribution in [0.25, 0.3) is 0 Å².